The molecule has 2 rings (SSSR count). The highest BCUT2D eigenvalue weighted by atomic mass is 19.1. The zero-order valence-corrected chi connectivity index (χ0v) is 11.8. The minimum absolute atomic E-state index is 0.0401. The summed E-state index contributed by atoms with van der Waals surface area (Å²) in [6.07, 6.45) is 0.0755. The van der Waals surface area contributed by atoms with Gasteiger partial charge in [0.1, 0.15) is 30.5 Å². The van der Waals surface area contributed by atoms with Crippen molar-refractivity contribution in [2.45, 2.75) is 6.10 Å². The minimum atomic E-state index is -0.903. The van der Waals surface area contributed by atoms with Crippen LogP contribution in [0.4, 0.5) is 21.8 Å². The molecule has 1 aromatic heterocycles. The van der Waals surface area contributed by atoms with Crippen LogP contribution in [0.5, 0.6) is 5.75 Å². The van der Waals surface area contributed by atoms with E-state index in [0.29, 0.717) is 5.75 Å². The third kappa shape index (κ3) is 4.74. The first kappa shape index (κ1) is 16.4. The summed E-state index contributed by atoms with van der Waals surface area (Å²) in [6, 6.07) is 5.37. The minimum Gasteiger partial charge on any atom is -0.491 e. The molecule has 0 aliphatic rings. The smallest absolute Gasteiger partial charge is 0.329 e. The van der Waals surface area contributed by atoms with Crippen LogP contribution in [0.1, 0.15) is 0 Å². The number of benzene rings is 1. The number of rotatable bonds is 7. The molecule has 0 fully saturated rings. The van der Waals surface area contributed by atoms with Crippen LogP contribution in [0.15, 0.2) is 30.5 Å². The van der Waals surface area contributed by atoms with Crippen LogP contribution < -0.4 is 15.8 Å². The van der Waals surface area contributed by atoms with Crippen LogP contribution in [0, 0.1) is 15.9 Å². The van der Waals surface area contributed by atoms with Crippen molar-refractivity contribution in [3.63, 3.8) is 0 Å². The monoisotopic (exact) mass is 323 g/mol. The highest BCUT2D eigenvalue weighted by molar-refractivity contribution is 5.53. The van der Waals surface area contributed by atoms with E-state index in [-0.39, 0.29) is 30.7 Å². The molecule has 0 bridgehead atoms. The van der Waals surface area contributed by atoms with Crippen molar-refractivity contribution in [1.82, 2.24) is 9.97 Å². The number of aliphatic hydroxyl groups excluding tert-OH is 1. The number of hydrogen-bond donors (Lipinski definition) is 3. The van der Waals surface area contributed by atoms with Gasteiger partial charge in [0.05, 0.1) is 4.92 Å². The maximum absolute atomic E-state index is 12.7. The molecule has 0 amide bonds. The van der Waals surface area contributed by atoms with E-state index in [2.05, 4.69) is 15.3 Å². The molecule has 1 aromatic carbocycles. The molecule has 0 aliphatic carbocycles. The lowest BCUT2D eigenvalue weighted by Crippen LogP contribution is -2.27. The summed E-state index contributed by atoms with van der Waals surface area (Å²) in [4.78, 5) is 17.3. The van der Waals surface area contributed by atoms with E-state index in [1.807, 2.05) is 0 Å². The predicted octanol–water partition coefficient (Wildman–Crippen LogP) is 0.958. The molecule has 1 unspecified atom stereocenters. The molecule has 0 saturated heterocycles. The van der Waals surface area contributed by atoms with Crippen LogP contribution in [-0.2, 0) is 0 Å². The summed E-state index contributed by atoms with van der Waals surface area (Å²) < 4.78 is 18.0. The summed E-state index contributed by atoms with van der Waals surface area (Å²) in [5, 5.41) is 23.0. The second kappa shape index (κ2) is 7.31. The lowest BCUT2D eigenvalue weighted by atomic mass is 10.3. The van der Waals surface area contributed by atoms with Gasteiger partial charge < -0.3 is 20.9 Å². The van der Waals surface area contributed by atoms with Gasteiger partial charge in [0.25, 0.3) is 0 Å². The molecule has 1 heterocycles. The summed E-state index contributed by atoms with van der Waals surface area (Å²) in [6.45, 7) is -0.000455. The van der Waals surface area contributed by atoms with Gasteiger partial charge in [-0.25, -0.2) is 9.37 Å². The van der Waals surface area contributed by atoms with Crippen LogP contribution in [-0.4, -0.2) is 39.3 Å². The molecule has 23 heavy (non-hydrogen) atoms. The summed E-state index contributed by atoms with van der Waals surface area (Å²) in [7, 11) is 0. The molecule has 0 spiro atoms. The molecule has 0 saturated carbocycles. The molecule has 122 valence electrons. The molecule has 1 atom stereocenters. The lowest BCUT2D eigenvalue weighted by molar-refractivity contribution is -0.384. The van der Waals surface area contributed by atoms with E-state index in [1.165, 1.54) is 24.3 Å². The SMILES string of the molecule is Nc1nc(NCC(O)COc2ccc(F)cc2)ncc1[N+](=O)[O-]. The molecular weight excluding hydrogens is 309 g/mol. The van der Waals surface area contributed by atoms with E-state index in [9.17, 15) is 19.6 Å². The van der Waals surface area contributed by atoms with Crippen LogP contribution in [0.3, 0.4) is 0 Å². The number of nitrogen functional groups attached to an aromatic ring is 1. The van der Waals surface area contributed by atoms with Crippen molar-refractivity contribution in [3.05, 3.63) is 46.4 Å². The van der Waals surface area contributed by atoms with Crippen LogP contribution >= 0.6 is 0 Å². The number of ether oxygens (including phenoxy) is 1. The first-order valence-corrected chi connectivity index (χ1v) is 6.53. The van der Waals surface area contributed by atoms with Gasteiger partial charge in [-0.05, 0) is 24.3 Å². The second-order valence-corrected chi connectivity index (χ2v) is 4.52. The number of nitrogens with one attached hydrogen (secondary N) is 1. The van der Waals surface area contributed by atoms with Crippen molar-refractivity contribution < 1.29 is 19.2 Å². The van der Waals surface area contributed by atoms with Gasteiger partial charge in [-0.2, -0.15) is 4.98 Å². The first-order valence-electron chi connectivity index (χ1n) is 6.53. The number of nitrogens with zero attached hydrogens (tertiary/aromatic N) is 3. The number of halogens is 1. The second-order valence-electron chi connectivity index (χ2n) is 4.52. The highest BCUT2D eigenvalue weighted by Crippen LogP contribution is 2.18. The normalized spacial score (nSPS) is 11.7. The molecule has 9 nitrogen and oxygen atoms in total. The fourth-order valence-electron chi connectivity index (χ4n) is 1.61. The Bertz CT molecular complexity index is 683. The molecule has 2 aromatic rings. The topological polar surface area (TPSA) is 136 Å². The summed E-state index contributed by atoms with van der Waals surface area (Å²) in [5.74, 6) is -0.188. The average molecular weight is 323 g/mol. The molecule has 4 N–H and O–H groups in total. The van der Waals surface area contributed by atoms with E-state index in [1.54, 1.807) is 0 Å². The van der Waals surface area contributed by atoms with Crippen LogP contribution in [0.2, 0.25) is 0 Å². The Labute approximate surface area is 130 Å². The van der Waals surface area contributed by atoms with E-state index >= 15 is 0 Å². The highest BCUT2D eigenvalue weighted by Gasteiger charge is 2.14. The first-order chi connectivity index (χ1) is 11.0. The average Bonchev–Trinajstić information content (AvgIpc) is 2.52. The van der Waals surface area contributed by atoms with Gasteiger partial charge in [0, 0.05) is 6.54 Å². The largest absolute Gasteiger partial charge is 0.491 e. The van der Waals surface area contributed by atoms with Gasteiger partial charge >= 0.3 is 5.69 Å². The lowest BCUT2D eigenvalue weighted by Gasteiger charge is -2.13. The zero-order chi connectivity index (χ0) is 16.8. The Morgan fingerprint density at radius 3 is 2.74 bits per heavy atom. The Morgan fingerprint density at radius 2 is 2.13 bits per heavy atom. The van der Waals surface area contributed by atoms with Gasteiger partial charge in [-0.1, -0.05) is 0 Å². The van der Waals surface area contributed by atoms with Crippen molar-refractivity contribution >= 4 is 17.5 Å². The Balaban J connectivity index is 1.82. The quantitative estimate of drug-likeness (QED) is 0.506. The van der Waals surface area contributed by atoms with Gasteiger partial charge in [-0.15, -0.1) is 0 Å². The maximum Gasteiger partial charge on any atom is 0.329 e. The Hall–Kier alpha value is -3.01. The fourth-order valence-corrected chi connectivity index (χ4v) is 1.61. The third-order valence-electron chi connectivity index (χ3n) is 2.75. The number of aliphatic hydroxyl groups is 1. The molecule has 0 radical (unpaired) electrons. The Morgan fingerprint density at radius 1 is 1.43 bits per heavy atom. The third-order valence-corrected chi connectivity index (χ3v) is 2.75. The standard InChI is InChI=1S/C13H14FN5O4/c14-8-1-3-10(4-2-8)23-7-9(20)5-16-13-17-6-11(19(21)22)12(15)18-13/h1-4,6,9,20H,5,7H2,(H3,15,16,17,18). The molecule has 0 aliphatic heterocycles. The predicted molar refractivity (Wildman–Crippen MR) is 79.5 cm³/mol. The number of nitrogens with two attached hydrogens (primary N) is 1. The van der Waals surface area contributed by atoms with Crippen molar-refractivity contribution in [2.24, 2.45) is 0 Å². The van der Waals surface area contributed by atoms with Gasteiger partial charge in [0.15, 0.2) is 0 Å². The molecule has 10 heteroatoms. The number of nitro groups is 1. The number of aromatic nitrogens is 2. The molecular formula is C13H14FN5O4. The van der Waals surface area contributed by atoms with E-state index in [4.69, 9.17) is 10.5 Å². The van der Waals surface area contributed by atoms with E-state index < -0.39 is 16.7 Å². The van der Waals surface area contributed by atoms with Crippen molar-refractivity contribution in [3.8, 4) is 5.75 Å². The fraction of sp³-hybridized carbons (Fsp3) is 0.231. The zero-order valence-electron chi connectivity index (χ0n) is 11.8. The van der Waals surface area contributed by atoms with Crippen molar-refractivity contribution in [1.29, 1.82) is 0 Å². The summed E-state index contributed by atoms with van der Waals surface area (Å²) in [5.41, 5.74) is 5.03. The van der Waals surface area contributed by atoms with Crippen molar-refractivity contribution in [2.75, 3.05) is 24.2 Å². The van der Waals surface area contributed by atoms with Crippen LogP contribution in [0.25, 0.3) is 0 Å². The maximum atomic E-state index is 12.7. The Kier molecular flexibility index (Phi) is 5.20. The number of hydrogen-bond acceptors (Lipinski definition) is 8. The summed E-state index contributed by atoms with van der Waals surface area (Å²) >= 11 is 0. The van der Waals surface area contributed by atoms with Gasteiger partial charge in [0.2, 0.25) is 11.8 Å². The van der Waals surface area contributed by atoms with E-state index in [0.717, 1.165) is 6.20 Å². The van der Waals surface area contributed by atoms with Gasteiger partial charge in [-0.3, -0.25) is 10.1 Å². The number of anilines is 2.